The van der Waals surface area contributed by atoms with E-state index in [2.05, 4.69) is 45.1 Å². The van der Waals surface area contributed by atoms with Gasteiger partial charge in [0.05, 0.1) is 83.9 Å². The number of likely N-dealkylation sites (N-methyl/N-ethyl adjacent to an activating group) is 3. The summed E-state index contributed by atoms with van der Waals surface area (Å²) in [6, 6.07) is 17.9. The van der Waals surface area contributed by atoms with Gasteiger partial charge in [-0.1, -0.05) is 57.1 Å². The largest absolute Gasteiger partial charge is 0.340 e. The van der Waals surface area contributed by atoms with Gasteiger partial charge in [-0.05, 0) is 110 Å². The van der Waals surface area contributed by atoms with Gasteiger partial charge < -0.3 is 29.7 Å². The van der Waals surface area contributed by atoms with Gasteiger partial charge in [0.2, 0.25) is 17.7 Å². The predicted molar refractivity (Wildman–Crippen MR) is 373 cm³/mol. The molecular weight excluding hydrogens is 1430 g/mol. The fourth-order valence-electron chi connectivity index (χ4n) is 9.94. The summed E-state index contributed by atoms with van der Waals surface area (Å²) in [5.41, 5.74) is 3.22. The highest BCUT2D eigenvalue weighted by Gasteiger charge is 2.44. The van der Waals surface area contributed by atoms with E-state index in [-0.39, 0.29) is 73.7 Å². The van der Waals surface area contributed by atoms with Crippen molar-refractivity contribution in [2.75, 3.05) is 37.1 Å². The second-order valence-electron chi connectivity index (χ2n) is 21.6. The van der Waals surface area contributed by atoms with Crippen molar-refractivity contribution in [3.8, 4) is 31.7 Å². The summed E-state index contributed by atoms with van der Waals surface area (Å²) in [7, 11) is -2.03. The zero-order chi connectivity index (χ0) is 67.0. The Morgan fingerprint density at radius 3 is 0.906 bits per heavy atom. The second-order valence-corrected chi connectivity index (χ2v) is 31.4. The number of nitrogens with zero attached hydrogens (tertiary/aromatic N) is 9. The van der Waals surface area contributed by atoms with E-state index in [0.717, 1.165) is 77.5 Å². The van der Waals surface area contributed by atoms with Crippen molar-refractivity contribution in [1.82, 2.24) is 55.7 Å². The van der Waals surface area contributed by atoms with Crippen LogP contribution in [-0.4, -0.2) is 124 Å². The molecule has 0 saturated carbocycles. The summed E-state index contributed by atoms with van der Waals surface area (Å²) in [5, 5.41) is 7.45. The van der Waals surface area contributed by atoms with Crippen LogP contribution in [0.5, 0.6) is 0 Å². The molecular formula is C60H69Cl3F3N15O9S6. The number of aromatic nitrogens is 6. The average molecular weight is 1500 g/mol. The van der Waals surface area contributed by atoms with Crippen LogP contribution in [0, 0.1) is 17.5 Å². The number of carbonyl (C=O) groups excluding carboxylic acids is 3. The van der Waals surface area contributed by atoms with Crippen molar-refractivity contribution in [3.05, 3.63) is 176 Å². The smallest absolute Gasteiger partial charge is 0.280 e. The lowest BCUT2D eigenvalue weighted by molar-refractivity contribution is -0.120. The molecule has 24 nitrogen and oxygen atoms in total. The molecule has 3 amide bonds. The van der Waals surface area contributed by atoms with E-state index in [0.29, 0.717) is 0 Å². The molecule has 96 heavy (non-hydrogen) atoms. The Morgan fingerprint density at radius 1 is 0.438 bits per heavy atom. The fourth-order valence-corrected chi connectivity index (χ4v) is 17.6. The zero-order valence-electron chi connectivity index (χ0n) is 49.6. The number of benzene rings is 3. The normalized spacial score (nSPS) is 20.5. The maximum absolute atomic E-state index is 13.4. The predicted octanol–water partition coefficient (Wildman–Crippen LogP) is 11.4. The van der Waals surface area contributed by atoms with E-state index in [9.17, 15) is 52.8 Å². The van der Waals surface area contributed by atoms with E-state index in [1.807, 2.05) is 89.8 Å². The van der Waals surface area contributed by atoms with Crippen LogP contribution >= 0.6 is 68.8 Å². The second kappa shape index (κ2) is 31.3. The molecule has 36 heteroatoms. The molecule has 2 unspecified atom stereocenters. The quantitative estimate of drug-likeness (QED) is 0.0666. The van der Waals surface area contributed by atoms with Crippen LogP contribution in [0.25, 0.3) is 31.7 Å². The summed E-state index contributed by atoms with van der Waals surface area (Å²) >= 11 is 21.6. The van der Waals surface area contributed by atoms with Gasteiger partial charge in [-0.15, -0.1) is 34.0 Å². The number of hydrogen-bond acceptors (Lipinski definition) is 15. The van der Waals surface area contributed by atoms with Crippen molar-refractivity contribution in [2.45, 2.75) is 77.8 Å². The Bertz CT molecular complexity index is 4190. The summed E-state index contributed by atoms with van der Waals surface area (Å²) in [6.45, 7) is 0. The highest BCUT2D eigenvalue weighted by molar-refractivity contribution is 7.87. The Morgan fingerprint density at radius 2 is 0.688 bits per heavy atom. The lowest BCUT2D eigenvalue weighted by atomic mass is 10.1. The van der Waals surface area contributed by atoms with Gasteiger partial charge in [0.25, 0.3) is 30.6 Å². The van der Waals surface area contributed by atoms with Crippen LogP contribution in [0.15, 0.2) is 129 Å². The molecule has 9 heterocycles. The van der Waals surface area contributed by atoms with E-state index >= 15 is 0 Å². The molecule has 0 aliphatic carbocycles. The average Bonchev–Trinajstić information content (AvgIpc) is 1.47. The first-order valence-corrected chi connectivity index (χ1v) is 35.6. The number of hydrogen-bond donors (Lipinski definition) is 6. The fraction of sp³-hybridized carbons (Fsp3) is 0.300. The lowest BCUT2D eigenvalue weighted by Gasteiger charge is -2.35. The van der Waals surface area contributed by atoms with E-state index in [1.165, 1.54) is 91.6 Å². The molecule has 6 N–H and O–H groups in total. The Hall–Kier alpha value is -6.93. The number of thiophene rings is 3. The third kappa shape index (κ3) is 17.7. The van der Waals surface area contributed by atoms with Crippen LogP contribution in [0.1, 0.15) is 74.3 Å². The first-order valence-electron chi connectivity index (χ1n) is 27.7. The maximum Gasteiger partial charge on any atom is 0.280 e. The molecule has 12 rings (SSSR count). The highest BCUT2D eigenvalue weighted by atomic mass is 35.5. The van der Waals surface area contributed by atoms with Crippen molar-refractivity contribution in [3.63, 3.8) is 0 Å². The van der Waals surface area contributed by atoms with E-state index in [1.54, 1.807) is 19.0 Å². The third-order valence-electron chi connectivity index (χ3n) is 15.0. The van der Waals surface area contributed by atoms with Gasteiger partial charge >= 0.3 is 0 Å². The van der Waals surface area contributed by atoms with Gasteiger partial charge in [0, 0.05) is 92.6 Å². The van der Waals surface area contributed by atoms with Crippen molar-refractivity contribution in [1.29, 1.82) is 0 Å². The molecule has 3 aliphatic rings. The summed E-state index contributed by atoms with van der Waals surface area (Å²) < 4.78 is 132. The van der Waals surface area contributed by atoms with Gasteiger partial charge in [-0.2, -0.15) is 52.3 Å². The van der Waals surface area contributed by atoms with Crippen LogP contribution in [0.2, 0.25) is 15.1 Å². The number of aryl methyl sites for hydroxylation is 3. The van der Waals surface area contributed by atoms with Crippen molar-refractivity contribution < 1.29 is 52.8 Å². The lowest BCUT2D eigenvalue weighted by Crippen LogP contribution is -2.55. The topological polar surface area (TPSA) is 289 Å². The van der Waals surface area contributed by atoms with Gasteiger partial charge in [-0.3, -0.25) is 14.4 Å². The first kappa shape index (κ1) is 76.4. The Labute approximate surface area is 582 Å². The van der Waals surface area contributed by atoms with E-state index < -0.39 is 102 Å². The molecule has 9 aromatic rings. The number of anilines is 3. The Balaban J connectivity index is 0.000000200. The summed E-state index contributed by atoms with van der Waals surface area (Å²) in [6.07, 6.45) is 11.4. The summed E-state index contributed by atoms with van der Waals surface area (Å²) in [5.74, 6) is -3.40. The number of nitrogens with one attached hydrogen (secondary N) is 6. The minimum absolute atomic E-state index is 0. The highest BCUT2D eigenvalue weighted by Crippen LogP contribution is 2.40. The molecule has 516 valence electrons. The van der Waals surface area contributed by atoms with Crippen LogP contribution in [0.4, 0.5) is 30.2 Å². The van der Waals surface area contributed by atoms with E-state index in [4.69, 9.17) is 34.8 Å². The molecule has 6 aromatic heterocycles. The molecule has 0 spiro atoms. The van der Waals surface area contributed by atoms with Crippen molar-refractivity contribution >= 4 is 134 Å². The van der Waals surface area contributed by atoms with Crippen LogP contribution in [-0.2, 0) is 66.2 Å². The number of rotatable bonds is 12. The van der Waals surface area contributed by atoms with Crippen molar-refractivity contribution in [2.24, 2.45) is 21.1 Å². The summed E-state index contributed by atoms with van der Waals surface area (Å²) in [4.78, 5) is 56.6. The molecule has 3 aliphatic heterocycles. The molecule has 3 fully saturated rings. The Kier molecular flexibility index (Phi) is 24.9. The zero-order valence-corrected chi connectivity index (χ0v) is 56.8. The molecule has 6 atom stereocenters. The third-order valence-corrected chi connectivity index (χ3v) is 24.3. The molecule has 3 saturated heterocycles. The van der Waals surface area contributed by atoms with Gasteiger partial charge in [0.1, 0.15) is 35.6 Å². The van der Waals surface area contributed by atoms with Gasteiger partial charge in [0.15, 0.2) is 0 Å². The SMILES string of the molecule is C.C.C.CN1C(C(=O)Nc2ccc(F)c(Cl)c2)CC(c2ccc(-c3cn(C)cn3)s2)NS1(=O)=O.CN1[C@@H](C(=O)Nc2ccc(F)c(Cl)c2)C[C@@H](c2ccc(-c3cn(C)cn3)s2)NS1(=O)=O.CN1[C@H](C(=O)Nc2ccc(F)c(Cl)c2)C[C@H](c2ccc(-c3cn(C)cn3)s2)NS1(=O)=O. The monoisotopic (exact) mass is 1500 g/mol. The van der Waals surface area contributed by atoms with Crippen LogP contribution < -0.4 is 30.1 Å². The first-order chi connectivity index (χ1) is 43.9. The number of halogens is 6. The minimum atomic E-state index is -3.89. The minimum Gasteiger partial charge on any atom is -0.340 e. The maximum atomic E-state index is 13.4. The molecule has 0 bridgehead atoms. The van der Waals surface area contributed by atoms with Crippen LogP contribution in [0.3, 0.4) is 0 Å². The number of carbonyl (C=O) groups is 3. The van der Waals surface area contributed by atoms with Gasteiger partial charge in [-0.25, -0.2) is 28.1 Å². The number of imidazole rings is 3. The standard InChI is InChI=1S/3C19H19ClFN5O3S2.3CH4/c3*1-25-9-15(22-10-25)18-6-5-17(30-18)14-8-16(26(2)31(28,29)24-14)19(27)23-11-3-4-13(21)12(20)7-11;;;/h3*3-7,9-10,14,16,24H,8H2,1-2H3,(H,23,27);3*1H4/t2*14-,16+;;;;/m10..../s1. The molecule has 0 radical (unpaired) electrons. The molecule has 3 aromatic carbocycles. The number of amides is 3.